The van der Waals surface area contributed by atoms with E-state index < -0.39 is 5.82 Å². The molecule has 0 amide bonds. The van der Waals surface area contributed by atoms with Gasteiger partial charge in [-0.05, 0) is 18.2 Å². The van der Waals surface area contributed by atoms with E-state index in [1.54, 1.807) is 25.3 Å². The number of halogens is 2. The van der Waals surface area contributed by atoms with Gasteiger partial charge in [0.15, 0.2) is 11.5 Å². The van der Waals surface area contributed by atoms with E-state index in [9.17, 15) is 4.39 Å². The minimum absolute atomic E-state index is 0.0108. The Hall–Kier alpha value is -1.86. The molecule has 2 rings (SSSR count). The Bertz CT molecular complexity index is 680. The number of hydrogen-bond acceptors (Lipinski definition) is 5. The lowest BCUT2D eigenvalue weighted by Gasteiger charge is -2.16. The highest BCUT2D eigenvalue weighted by Crippen LogP contribution is 2.32. The maximum atomic E-state index is 14.0. The molecule has 0 heterocycles. The van der Waals surface area contributed by atoms with Crippen LogP contribution in [-0.4, -0.2) is 38.5 Å². The highest BCUT2D eigenvalue weighted by Gasteiger charge is 2.13. The predicted molar refractivity (Wildman–Crippen MR) is 100 cm³/mol. The number of ether oxygens (including phenoxy) is 2. The molecule has 3 N–H and O–H groups in total. The van der Waals surface area contributed by atoms with Gasteiger partial charge in [0, 0.05) is 37.3 Å². The maximum absolute atomic E-state index is 14.0. The fraction of sp³-hybridized carbons (Fsp3) is 0.368. The highest BCUT2D eigenvalue weighted by molar-refractivity contribution is 6.31. The lowest BCUT2D eigenvalue weighted by atomic mass is 10.1. The largest absolute Gasteiger partial charge is 0.493 e. The molecule has 0 bridgehead atoms. The zero-order valence-electron chi connectivity index (χ0n) is 14.7. The third-order valence-electron chi connectivity index (χ3n) is 3.79. The van der Waals surface area contributed by atoms with Crippen molar-refractivity contribution in [1.29, 1.82) is 0 Å². The van der Waals surface area contributed by atoms with E-state index >= 15 is 0 Å². The molecular formula is C19H24ClFN2O3. The number of methoxy groups -OCH3 is 1. The fourth-order valence-corrected chi connectivity index (χ4v) is 2.66. The molecule has 142 valence electrons. The molecule has 0 saturated carbocycles. The summed E-state index contributed by atoms with van der Waals surface area (Å²) in [7, 11) is 1.56. The molecule has 0 aromatic heterocycles. The Kier molecular flexibility index (Phi) is 8.64. The van der Waals surface area contributed by atoms with Crippen molar-refractivity contribution < 1.29 is 19.0 Å². The first-order chi connectivity index (χ1) is 12.7. The van der Waals surface area contributed by atoms with E-state index in [0.29, 0.717) is 35.2 Å². The lowest BCUT2D eigenvalue weighted by molar-refractivity contribution is 0.276. The van der Waals surface area contributed by atoms with Gasteiger partial charge >= 0.3 is 0 Å². The summed E-state index contributed by atoms with van der Waals surface area (Å²) >= 11 is 6.06. The SMILES string of the molecule is COc1cccc(CNCCNCCO)c1OCc1c(F)cccc1Cl. The zero-order valence-corrected chi connectivity index (χ0v) is 15.5. The van der Waals surface area contributed by atoms with Gasteiger partial charge in [0.05, 0.1) is 18.7 Å². The second-order valence-corrected chi connectivity index (χ2v) is 5.99. The van der Waals surface area contributed by atoms with Crippen molar-refractivity contribution in [3.8, 4) is 11.5 Å². The lowest BCUT2D eigenvalue weighted by Crippen LogP contribution is -2.28. The number of nitrogens with one attached hydrogen (secondary N) is 2. The van der Waals surface area contributed by atoms with Gasteiger partial charge in [-0.25, -0.2) is 4.39 Å². The Morgan fingerprint density at radius 2 is 1.85 bits per heavy atom. The highest BCUT2D eigenvalue weighted by atomic mass is 35.5. The first kappa shape index (κ1) is 20.5. The summed E-state index contributed by atoms with van der Waals surface area (Å²) in [4.78, 5) is 0. The molecule has 5 nitrogen and oxygen atoms in total. The van der Waals surface area contributed by atoms with Gasteiger partial charge in [-0.3, -0.25) is 0 Å². The Labute approximate surface area is 158 Å². The third kappa shape index (κ3) is 5.85. The molecule has 0 spiro atoms. The van der Waals surface area contributed by atoms with E-state index in [1.165, 1.54) is 6.07 Å². The Balaban J connectivity index is 2.03. The van der Waals surface area contributed by atoms with Gasteiger partial charge in [-0.1, -0.05) is 29.8 Å². The van der Waals surface area contributed by atoms with Crippen LogP contribution >= 0.6 is 11.6 Å². The monoisotopic (exact) mass is 382 g/mol. The molecule has 0 radical (unpaired) electrons. The summed E-state index contributed by atoms with van der Waals surface area (Å²) in [6.45, 7) is 2.74. The summed E-state index contributed by atoms with van der Waals surface area (Å²) in [5.74, 6) is 0.738. The van der Waals surface area contributed by atoms with Crippen LogP contribution in [0.3, 0.4) is 0 Å². The standard InChI is InChI=1S/C19H24ClFN2O3/c1-25-18-7-2-4-14(12-23-9-8-22-10-11-24)19(18)26-13-15-16(20)5-3-6-17(15)21/h2-7,22-24H,8-13H2,1H3. The molecule has 0 aliphatic heterocycles. The van der Waals surface area contributed by atoms with E-state index in [4.69, 9.17) is 26.2 Å². The number of aliphatic hydroxyl groups excluding tert-OH is 1. The first-order valence-electron chi connectivity index (χ1n) is 8.41. The summed E-state index contributed by atoms with van der Waals surface area (Å²) in [5.41, 5.74) is 1.21. The van der Waals surface area contributed by atoms with Crippen molar-refractivity contribution in [2.45, 2.75) is 13.2 Å². The third-order valence-corrected chi connectivity index (χ3v) is 4.14. The van der Waals surface area contributed by atoms with E-state index in [1.807, 2.05) is 12.1 Å². The molecule has 26 heavy (non-hydrogen) atoms. The van der Waals surface area contributed by atoms with Gasteiger partial charge < -0.3 is 25.2 Å². The summed E-state index contributed by atoms with van der Waals surface area (Å²) in [5, 5.41) is 15.5. The van der Waals surface area contributed by atoms with Crippen molar-refractivity contribution in [3.05, 3.63) is 58.4 Å². The summed E-state index contributed by atoms with van der Waals surface area (Å²) < 4.78 is 25.2. The number of hydrogen-bond donors (Lipinski definition) is 3. The van der Waals surface area contributed by atoms with Gasteiger partial charge in [0.25, 0.3) is 0 Å². The van der Waals surface area contributed by atoms with E-state index in [0.717, 1.165) is 18.7 Å². The van der Waals surface area contributed by atoms with Gasteiger partial charge in [0.1, 0.15) is 12.4 Å². The average molecular weight is 383 g/mol. The van der Waals surface area contributed by atoms with Gasteiger partial charge in [0.2, 0.25) is 0 Å². The molecule has 0 atom stereocenters. The minimum atomic E-state index is -0.401. The molecule has 2 aromatic carbocycles. The first-order valence-corrected chi connectivity index (χ1v) is 8.79. The predicted octanol–water partition coefficient (Wildman–Crippen LogP) is 2.74. The molecule has 0 aliphatic rings. The van der Waals surface area contributed by atoms with Crippen LogP contribution < -0.4 is 20.1 Å². The average Bonchev–Trinajstić information content (AvgIpc) is 2.64. The smallest absolute Gasteiger partial charge is 0.166 e. The topological polar surface area (TPSA) is 62.8 Å². The van der Waals surface area contributed by atoms with Crippen LogP contribution in [0, 0.1) is 5.82 Å². The molecule has 2 aromatic rings. The molecule has 0 fully saturated rings. The second kappa shape index (κ2) is 11.0. The van der Waals surface area contributed by atoms with Crippen molar-refractivity contribution in [2.24, 2.45) is 0 Å². The quantitative estimate of drug-likeness (QED) is 0.522. The number of benzene rings is 2. The van der Waals surface area contributed by atoms with Crippen molar-refractivity contribution in [2.75, 3.05) is 33.4 Å². The van der Waals surface area contributed by atoms with Crippen LogP contribution in [0.1, 0.15) is 11.1 Å². The normalized spacial score (nSPS) is 10.8. The van der Waals surface area contributed by atoms with Crippen LogP contribution in [0.4, 0.5) is 4.39 Å². The Morgan fingerprint density at radius 1 is 1.08 bits per heavy atom. The number of rotatable bonds is 11. The number of aliphatic hydroxyl groups is 1. The summed E-state index contributed by atoms with van der Waals surface area (Å²) in [6.07, 6.45) is 0. The molecular weight excluding hydrogens is 359 g/mol. The van der Waals surface area contributed by atoms with Gasteiger partial charge in [-0.15, -0.1) is 0 Å². The molecule has 0 aliphatic carbocycles. The Morgan fingerprint density at radius 3 is 2.58 bits per heavy atom. The second-order valence-electron chi connectivity index (χ2n) is 5.59. The van der Waals surface area contributed by atoms with Gasteiger partial charge in [-0.2, -0.15) is 0 Å². The van der Waals surface area contributed by atoms with Crippen molar-refractivity contribution in [3.63, 3.8) is 0 Å². The van der Waals surface area contributed by atoms with Crippen molar-refractivity contribution >= 4 is 11.6 Å². The number of para-hydroxylation sites is 1. The summed E-state index contributed by atoms with van der Waals surface area (Å²) in [6, 6.07) is 10.1. The van der Waals surface area contributed by atoms with Crippen LogP contribution in [0.5, 0.6) is 11.5 Å². The molecule has 7 heteroatoms. The molecule has 0 saturated heterocycles. The zero-order chi connectivity index (χ0) is 18.8. The van der Waals surface area contributed by atoms with E-state index in [-0.39, 0.29) is 13.2 Å². The van der Waals surface area contributed by atoms with Crippen molar-refractivity contribution in [1.82, 2.24) is 10.6 Å². The maximum Gasteiger partial charge on any atom is 0.166 e. The minimum Gasteiger partial charge on any atom is -0.493 e. The van der Waals surface area contributed by atoms with Crippen LogP contribution in [0.15, 0.2) is 36.4 Å². The van der Waals surface area contributed by atoms with E-state index in [2.05, 4.69) is 10.6 Å². The molecule has 0 unspecified atom stereocenters. The van der Waals surface area contributed by atoms with Crippen LogP contribution in [-0.2, 0) is 13.2 Å². The van der Waals surface area contributed by atoms with Crippen LogP contribution in [0.25, 0.3) is 0 Å². The van der Waals surface area contributed by atoms with Crippen LogP contribution in [0.2, 0.25) is 5.02 Å². The fourth-order valence-electron chi connectivity index (χ4n) is 2.44.